The van der Waals surface area contributed by atoms with Gasteiger partial charge >= 0.3 is 11.6 Å². The van der Waals surface area contributed by atoms with Gasteiger partial charge in [0.25, 0.3) is 11.8 Å². The van der Waals surface area contributed by atoms with Crippen LogP contribution in [0.25, 0.3) is 11.0 Å². The van der Waals surface area contributed by atoms with E-state index in [9.17, 15) is 19.2 Å². The van der Waals surface area contributed by atoms with Crippen molar-refractivity contribution in [3.05, 3.63) is 76.1 Å². The van der Waals surface area contributed by atoms with Crippen LogP contribution in [0.2, 0.25) is 0 Å². The largest absolute Gasteiger partial charge is 0.452 e. The van der Waals surface area contributed by atoms with Crippen LogP contribution in [0.3, 0.4) is 0 Å². The predicted octanol–water partition coefficient (Wildman–Crippen LogP) is 2.29. The second-order valence-electron chi connectivity index (χ2n) is 6.39. The monoisotopic (exact) mass is 394 g/mol. The molecular formula is C21H18N2O6. The first-order valence-electron chi connectivity index (χ1n) is 8.67. The molecule has 1 aromatic heterocycles. The van der Waals surface area contributed by atoms with Gasteiger partial charge in [-0.2, -0.15) is 0 Å². The van der Waals surface area contributed by atoms with E-state index in [1.807, 2.05) is 0 Å². The van der Waals surface area contributed by atoms with Gasteiger partial charge in [0.05, 0.1) is 0 Å². The first-order valence-corrected chi connectivity index (χ1v) is 8.67. The Morgan fingerprint density at radius 2 is 1.72 bits per heavy atom. The van der Waals surface area contributed by atoms with E-state index in [2.05, 4.69) is 5.32 Å². The van der Waals surface area contributed by atoms with E-state index >= 15 is 0 Å². The number of carbonyl (C=O) groups excluding carboxylic acids is 3. The maximum atomic E-state index is 12.1. The van der Waals surface area contributed by atoms with Crippen LogP contribution >= 0.6 is 0 Å². The molecule has 2 amide bonds. The zero-order chi connectivity index (χ0) is 21.0. The fourth-order valence-electron chi connectivity index (χ4n) is 2.56. The highest BCUT2D eigenvalue weighted by Gasteiger charge is 2.17. The summed E-state index contributed by atoms with van der Waals surface area (Å²) in [6.45, 7) is -0.580. The molecule has 3 rings (SSSR count). The quantitative estimate of drug-likeness (QED) is 0.526. The van der Waals surface area contributed by atoms with E-state index in [-0.39, 0.29) is 11.5 Å². The fourth-order valence-corrected chi connectivity index (χ4v) is 2.56. The lowest BCUT2D eigenvalue weighted by Gasteiger charge is -2.11. The van der Waals surface area contributed by atoms with Gasteiger partial charge in [-0.1, -0.05) is 18.2 Å². The summed E-state index contributed by atoms with van der Waals surface area (Å²) in [6, 6.07) is 14.4. The Morgan fingerprint density at radius 1 is 1.03 bits per heavy atom. The van der Waals surface area contributed by atoms with E-state index in [4.69, 9.17) is 9.15 Å². The third kappa shape index (κ3) is 4.67. The summed E-state index contributed by atoms with van der Waals surface area (Å²) in [7, 11) is 3.28. The lowest BCUT2D eigenvalue weighted by Crippen LogP contribution is -2.24. The Kier molecular flexibility index (Phi) is 5.73. The Bertz CT molecular complexity index is 1130. The Balaban J connectivity index is 1.61. The first kappa shape index (κ1) is 19.8. The molecule has 0 saturated carbocycles. The Morgan fingerprint density at radius 3 is 2.41 bits per heavy atom. The highest BCUT2D eigenvalue weighted by atomic mass is 16.5. The highest BCUT2D eigenvalue weighted by Crippen LogP contribution is 2.13. The maximum absolute atomic E-state index is 12.1. The van der Waals surface area contributed by atoms with E-state index in [0.29, 0.717) is 22.2 Å². The number of nitrogens with zero attached hydrogens (tertiary/aromatic N) is 1. The third-order valence-corrected chi connectivity index (χ3v) is 4.02. The first-order chi connectivity index (χ1) is 13.8. The summed E-state index contributed by atoms with van der Waals surface area (Å²) in [6.07, 6.45) is 0. The molecule has 0 aliphatic rings. The minimum atomic E-state index is -0.952. The summed E-state index contributed by atoms with van der Waals surface area (Å²) in [4.78, 5) is 49.4. The molecular weight excluding hydrogens is 376 g/mol. The SMILES string of the molecule is CN(C)C(=O)c1ccc(NC(=O)COC(=O)c2cc3ccccc3oc2=O)cc1. The molecule has 1 heterocycles. The van der Waals surface area contributed by atoms with Gasteiger partial charge in [-0.05, 0) is 36.4 Å². The average Bonchev–Trinajstić information content (AvgIpc) is 2.71. The zero-order valence-corrected chi connectivity index (χ0v) is 15.8. The lowest BCUT2D eigenvalue weighted by atomic mass is 10.2. The van der Waals surface area contributed by atoms with E-state index in [1.54, 1.807) is 62.6 Å². The molecule has 0 unspecified atom stereocenters. The summed E-state index contributed by atoms with van der Waals surface area (Å²) < 4.78 is 9.99. The molecule has 0 radical (unpaired) electrons. The molecule has 0 bridgehead atoms. The number of hydrogen-bond donors (Lipinski definition) is 1. The normalized spacial score (nSPS) is 10.4. The van der Waals surface area contributed by atoms with E-state index in [1.165, 1.54) is 11.0 Å². The molecule has 0 saturated heterocycles. The van der Waals surface area contributed by atoms with Crippen LogP contribution in [-0.4, -0.2) is 43.4 Å². The minimum Gasteiger partial charge on any atom is -0.452 e. The van der Waals surface area contributed by atoms with Crippen molar-refractivity contribution in [1.29, 1.82) is 0 Å². The smallest absolute Gasteiger partial charge is 0.351 e. The number of para-hydroxylation sites is 1. The van der Waals surface area contributed by atoms with Crippen LogP contribution in [0.15, 0.2) is 63.8 Å². The third-order valence-electron chi connectivity index (χ3n) is 4.02. The van der Waals surface area contributed by atoms with Gasteiger partial charge in [-0.25, -0.2) is 9.59 Å². The second-order valence-corrected chi connectivity index (χ2v) is 6.39. The standard InChI is InChI=1S/C21H18N2O6/c1-23(2)19(25)13-7-9-15(10-8-13)22-18(24)12-28-20(26)16-11-14-5-3-4-6-17(14)29-21(16)27/h3-11H,12H2,1-2H3,(H,22,24). The molecule has 0 spiro atoms. The number of carbonyl (C=O) groups is 3. The van der Waals surface area contributed by atoms with Crippen LogP contribution in [0, 0.1) is 0 Å². The fraction of sp³-hybridized carbons (Fsp3) is 0.143. The highest BCUT2D eigenvalue weighted by molar-refractivity contribution is 5.97. The number of amides is 2. The number of nitrogens with one attached hydrogen (secondary N) is 1. The van der Waals surface area contributed by atoms with Crippen molar-refractivity contribution in [2.45, 2.75) is 0 Å². The van der Waals surface area contributed by atoms with Gasteiger partial charge < -0.3 is 19.4 Å². The van der Waals surface area contributed by atoms with Crippen LogP contribution in [0.5, 0.6) is 0 Å². The van der Waals surface area contributed by atoms with Gasteiger partial charge in [-0.15, -0.1) is 0 Å². The summed E-state index contributed by atoms with van der Waals surface area (Å²) in [5, 5.41) is 3.11. The number of fused-ring (bicyclic) bond motifs is 1. The number of benzene rings is 2. The molecule has 8 nitrogen and oxygen atoms in total. The van der Waals surface area contributed by atoms with Crippen LogP contribution < -0.4 is 10.9 Å². The van der Waals surface area contributed by atoms with Crippen molar-refractivity contribution in [2.24, 2.45) is 0 Å². The minimum absolute atomic E-state index is 0.161. The van der Waals surface area contributed by atoms with Crippen LogP contribution in [0.4, 0.5) is 5.69 Å². The lowest BCUT2D eigenvalue weighted by molar-refractivity contribution is -0.119. The second kappa shape index (κ2) is 8.39. The molecule has 29 heavy (non-hydrogen) atoms. The van der Waals surface area contributed by atoms with Gasteiger partial charge in [0, 0.05) is 30.7 Å². The van der Waals surface area contributed by atoms with Crippen molar-refractivity contribution in [3.63, 3.8) is 0 Å². The molecule has 0 fully saturated rings. The van der Waals surface area contributed by atoms with Crippen molar-refractivity contribution < 1.29 is 23.5 Å². The molecule has 0 aliphatic carbocycles. The number of rotatable bonds is 5. The summed E-state index contributed by atoms with van der Waals surface area (Å²) in [5.74, 6) is -1.70. The van der Waals surface area contributed by atoms with Gasteiger partial charge in [0.15, 0.2) is 6.61 Å². The van der Waals surface area contributed by atoms with Gasteiger partial charge in [0.2, 0.25) is 0 Å². The van der Waals surface area contributed by atoms with Crippen molar-refractivity contribution >= 4 is 34.4 Å². The molecule has 3 aromatic rings. The topological polar surface area (TPSA) is 106 Å². The van der Waals surface area contributed by atoms with Crippen LogP contribution in [-0.2, 0) is 9.53 Å². The number of esters is 1. The zero-order valence-electron chi connectivity index (χ0n) is 15.8. The summed E-state index contributed by atoms with van der Waals surface area (Å²) in [5.41, 5.74) is 0.135. The Labute approximate surface area is 165 Å². The number of ether oxygens (including phenoxy) is 1. The summed E-state index contributed by atoms with van der Waals surface area (Å²) >= 11 is 0. The van der Waals surface area contributed by atoms with Crippen molar-refractivity contribution in [2.75, 3.05) is 26.0 Å². The predicted molar refractivity (Wildman–Crippen MR) is 106 cm³/mol. The number of hydrogen-bond acceptors (Lipinski definition) is 6. The Hall–Kier alpha value is -3.94. The van der Waals surface area contributed by atoms with E-state index in [0.717, 1.165) is 0 Å². The maximum Gasteiger partial charge on any atom is 0.351 e. The molecule has 0 aliphatic heterocycles. The molecule has 2 aromatic carbocycles. The van der Waals surface area contributed by atoms with Gasteiger partial charge in [0.1, 0.15) is 11.1 Å². The van der Waals surface area contributed by atoms with E-state index < -0.39 is 24.1 Å². The average molecular weight is 394 g/mol. The molecule has 8 heteroatoms. The molecule has 148 valence electrons. The van der Waals surface area contributed by atoms with Crippen molar-refractivity contribution in [3.8, 4) is 0 Å². The molecule has 0 atom stereocenters. The number of anilines is 1. The van der Waals surface area contributed by atoms with Gasteiger partial charge in [-0.3, -0.25) is 9.59 Å². The van der Waals surface area contributed by atoms with Crippen molar-refractivity contribution in [1.82, 2.24) is 4.90 Å². The van der Waals surface area contributed by atoms with Crippen LogP contribution in [0.1, 0.15) is 20.7 Å². The molecule has 1 N–H and O–H groups in total.